The number of anilines is 1. The molecule has 210 valence electrons. The Kier molecular flexibility index (Phi) is 10.6. The lowest BCUT2D eigenvalue weighted by Crippen LogP contribution is -2.22. The van der Waals surface area contributed by atoms with E-state index in [0.29, 0.717) is 18.0 Å². The van der Waals surface area contributed by atoms with E-state index in [1.165, 1.54) is 38.1 Å². The molecule has 1 aromatic carbocycles. The summed E-state index contributed by atoms with van der Waals surface area (Å²) in [4.78, 5) is 22.2. The second-order valence-electron chi connectivity index (χ2n) is 10.6. The van der Waals surface area contributed by atoms with Crippen molar-refractivity contribution < 1.29 is 26.8 Å². The maximum absolute atomic E-state index is 13.4. The molecule has 1 aromatic heterocycles. The van der Waals surface area contributed by atoms with Gasteiger partial charge in [0.2, 0.25) is 5.91 Å². The lowest BCUT2D eigenvalue weighted by Gasteiger charge is -2.22. The van der Waals surface area contributed by atoms with E-state index in [-0.39, 0.29) is 35.0 Å². The van der Waals surface area contributed by atoms with Gasteiger partial charge in [-0.3, -0.25) is 14.3 Å². The molecule has 1 fully saturated rings. The van der Waals surface area contributed by atoms with Crippen LogP contribution in [-0.4, -0.2) is 42.8 Å². The van der Waals surface area contributed by atoms with Crippen LogP contribution in [0.3, 0.4) is 0 Å². The molecule has 11 heteroatoms. The summed E-state index contributed by atoms with van der Waals surface area (Å²) in [6.07, 6.45) is 9.87. The van der Waals surface area contributed by atoms with Crippen molar-refractivity contribution in [3.8, 4) is 0 Å². The lowest BCUT2D eigenvalue weighted by atomic mass is 9.89. The van der Waals surface area contributed by atoms with Gasteiger partial charge >= 0.3 is 7.60 Å². The molecule has 1 aliphatic rings. The van der Waals surface area contributed by atoms with Crippen molar-refractivity contribution in [2.24, 2.45) is 5.92 Å². The van der Waals surface area contributed by atoms with E-state index in [9.17, 15) is 17.8 Å². The first kappa shape index (κ1) is 30.4. The third-order valence-electron chi connectivity index (χ3n) is 6.42. The first-order chi connectivity index (χ1) is 17.8. The number of carbonyl (C=O) groups excluding carboxylic acids is 1. The zero-order valence-corrected chi connectivity index (χ0v) is 24.6. The number of nitrogens with one attached hydrogen (secondary N) is 1. The highest BCUT2D eigenvalue weighted by Gasteiger charge is 2.29. The number of hydrogen-bond acceptors (Lipinski definition) is 8. The molecular weight excluding hydrogens is 525 g/mol. The van der Waals surface area contributed by atoms with Crippen LogP contribution in [0.15, 0.2) is 41.6 Å². The smallest absolute Gasteiger partial charge is 0.309 e. The van der Waals surface area contributed by atoms with E-state index >= 15 is 0 Å². The topological polar surface area (TPSA) is 125 Å². The van der Waals surface area contributed by atoms with Crippen LogP contribution in [0.25, 0.3) is 0 Å². The average molecular weight is 566 g/mol. The molecule has 3 rings (SSSR count). The molecule has 0 bridgehead atoms. The second kappa shape index (κ2) is 13.3. The van der Waals surface area contributed by atoms with Gasteiger partial charge in [-0.05, 0) is 64.2 Å². The predicted molar refractivity (Wildman–Crippen MR) is 148 cm³/mol. The van der Waals surface area contributed by atoms with Crippen molar-refractivity contribution in [1.82, 2.24) is 9.97 Å². The van der Waals surface area contributed by atoms with Gasteiger partial charge in [0.25, 0.3) is 0 Å². The van der Waals surface area contributed by atoms with Crippen LogP contribution in [0.5, 0.6) is 0 Å². The average Bonchev–Trinajstić information content (AvgIpc) is 3.32. The van der Waals surface area contributed by atoms with E-state index in [0.717, 1.165) is 18.2 Å². The van der Waals surface area contributed by atoms with E-state index in [1.807, 2.05) is 0 Å². The van der Waals surface area contributed by atoms with Crippen LogP contribution in [-0.2, 0) is 34.4 Å². The monoisotopic (exact) mass is 565 g/mol. The molecule has 9 nitrogen and oxygen atoms in total. The molecule has 1 atom stereocenters. The Morgan fingerprint density at radius 3 is 2.13 bits per heavy atom. The number of benzene rings is 1. The van der Waals surface area contributed by atoms with Gasteiger partial charge in [-0.25, -0.2) is 13.4 Å². The first-order valence-corrected chi connectivity index (χ1v) is 16.8. The van der Waals surface area contributed by atoms with E-state index in [4.69, 9.17) is 9.05 Å². The largest absolute Gasteiger partial charge is 0.337 e. The predicted octanol–water partition coefficient (Wildman–Crippen LogP) is 6.12. The zero-order valence-electron chi connectivity index (χ0n) is 22.9. The van der Waals surface area contributed by atoms with Crippen LogP contribution in [0.4, 0.5) is 5.82 Å². The van der Waals surface area contributed by atoms with E-state index < -0.39 is 23.4 Å². The van der Waals surface area contributed by atoms with Gasteiger partial charge in [0.05, 0.1) is 47.3 Å². The lowest BCUT2D eigenvalue weighted by molar-refractivity contribution is -0.117. The summed E-state index contributed by atoms with van der Waals surface area (Å²) in [6.45, 7) is 7.16. The molecule has 1 N–H and O–H groups in total. The maximum Gasteiger partial charge on any atom is 0.337 e. The number of carbonyl (C=O) groups is 1. The summed E-state index contributed by atoms with van der Waals surface area (Å²) >= 11 is 0. The van der Waals surface area contributed by atoms with Gasteiger partial charge in [0.1, 0.15) is 0 Å². The molecular formula is C27H40N3O6PS. The van der Waals surface area contributed by atoms with Gasteiger partial charge in [-0.15, -0.1) is 0 Å². The molecule has 0 saturated heterocycles. The number of aromatic nitrogens is 2. The van der Waals surface area contributed by atoms with Crippen molar-refractivity contribution in [1.29, 1.82) is 0 Å². The highest BCUT2D eigenvalue weighted by Crippen LogP contribution is 2.53. The highest BCUT2D eigenvalue weighted by atomic mass is 32.2. The minimum atomic E-state index is -3.42. The first-order valence-electron chi connectivity index (χ1n) is 13.2. The molecule has 0 aliphatic heterocycles. The Bertz CT molecular complexity index is 1200. The Hall–Kier alpha value is -2.13. The Balaban J connectivity index is 1.74. The minimum Gasteiger partial charge on any atom is -0.309 e. The molecule has 0 spiro atoms. The van der Waals surface area contributed by atoms with Crippen molar-refractivity contribution in [2.45, 2.75) is 95.4 Å². The molecule has 0 radical (unpaired) electrons. The summed E-state index contributed by atoms with van der Waals surface area (Å²) < 4.78 is 48.1. The summed E-state index contributed by atoms with van der Waals surface area (Å²) in [5, 5.41) is 2.85. The van der Waals surface area contributed by atoms with Crippen LogP contribution < -0.4 is 5.32 Å². The molecule has 38 heavy (non-hydrogen) atoms. The molecule has 2 aromatic rings. The Morgan fingerprint density at radius 2 is 1.63 bits per heavy atom. The quantitative estimate of drug-likeness (QED) is 0.288. The summed E-state index contributed by atoms with van der Waals surface area (Å²) in [5.74, 6) is 0.206. The molecule has 0 unspecified atom stereocenters. The SMILES string of the molecule is CC(C)OP(=O)(Cc1cnc(NC(=O)[C@H](CCC2CCCC2)c2ccc(S(C)(=O)=O)cc2)cn1)OC(C)C. The highest BCUT2D eigenvalue weighted by molar-refractivity contribution is 7.90. The summed E-state index contributed by atoms with van der Waals surface area (Å²) in [5.41, 5.74) is 1.19. The van der Waals surface area contributed by atoms with Crippen molar-refractivity contribution in [2.75, 3.05) is 11.6 Å². The van der Waals surface area contributed by atoms with Gasteiger partial charge < -0.3 is 14.4 Å². The van der Waals surface area contributed by atoms with Crippen LogP contribution >= 0.6 is 7.60 Å². The molecule has 1 aliphatic carbocycles. The van der Waals surface area contributed by atoms with Gasteiger partial charge in [-0.2, -0.15) is 0 Å². The van der Waals surface area contributed by atoms with Crippen molar-refractivity contribution in [3.63, 3.8) is 0 Å². The van der Waals surface area contributed by atoms with Gasteiger partial charge in [0, 0.05) is 6.26 Å². The number of rotatable bonds is 13. The standard InChI is InChI=1S/C27H40N3O6PS/c1-19(2)35-37(32,36-20(3)4)18-23-16-29-26(17-28-23)30-27(31)25(15-10-21-8-6-7-9-21)22-11-13-24(14-12-22)38(5,33)34/h11-14,16-17,19-21,25H,6-10,15,18H2,1-5H3,(H,29,30,31)/t25-/m1/s1. The fourth-order valence-corrected chi connectivity index (χ4v) is 7.43. The summed E-state index contributed by atoms with van der Waals surface area (Å²) in [7, 11) is -6.75. The molecule has 1 amide bonds. The third-order valence-corrected chi connectivity index (χ3v) is 9.75. The summed E-state index contributed by atoms with van der Waals surface area (Å²) in [6, 6.07) is 6.52. The minimum absolute atomic E-state index is 0.0265. The van der Waals surface area contributed by atoms with E-state index in [2.05, 4.69) is 15.3 Å². The Labute approximate surface area is 226 Å². The van der Waals surface area contributed by atoms with Crippen LogP contribution in [0.2, 0.25) is 0 Å². The number of hydrogen-bond donors (Lipinski definition) is 1. The van der Waals surface area contributed by atoms with E-state index in [1.54, 1.807) is 52.0 Å². The van der Waals surface area contributed by atoms with Crippen molar-refractivity contribution in [3.05, 3.63) is 47.9 Å². The third kappa shape index (κ3) is 9.26. The van der Waals surface area contributed by atoms with Crippen LogP contribution in [0, 0.1) is 5.92 Å². The number of nitrogens with zero attached hydrogens (tertiary/aromatic N) is 2. The van der Waals surface area contributed by atoms with Gasteiger partial charge in [-0.1, -0.05) is 37.8 Å². The fraction of sp³-hybridized carbons (Fsp3) is 0.593. The number of sulfone groups is 1. The van der Waals surface area contributed by atoms with Crippen molar-refractivity contribution >= 4 is 29.2 Å². The maximum atomic E-state index is 13.4. The molecule has 1 saturated carbocycles. The van der Waals surface area contributed by atoms with Gasteiger partial charge in [0.15, 0.2) is 15.7 Å². The Morgan fingerprint density at radius 1 is 1.03 bits per heavy atom. The molecule has 1 heterocycles. The fourth-order valence-electron chi connectivity index (χ4n) is 4.75. The normalized spacial score (nSPS) is 15.8. The van der Waals surface area contributed by atoms with Crippen LogP contribution in [0.1, 0.15) is 83.4 Å². The zero-order chi connectivity index (χ0) is 27.9. The second-order valence-corrected chi connectivity index (χ2v) is 14.6. The number of amides is 1.